The molecule has 7 nitrogen and oxygen atoms in total. The number of nitrogens with one attached hydrogen (secondary N) is 1. The molecule has 0 aliphatic carbocycles. The van der Waals surface area contributed by atoms with Crippen LogP contribution in [-0.4, -0.2) is 30.9 Å². The molecule has 2 aromatic carbocycles. The lowest BCUT2D eigenvalue weighted by Gasteiger charge is -2.14. The number of carbonyl (C=O) groups is 2. The van der Waals surface area contributed by atoms with Gasteiger partial charge in [0.05, 0.1) is 32.6 Å². The van der Waals surface area contributed by atoms with Crippen LogP contribution in [0.1, 0.15) is 11.3 Å². The minimum Gasteiger partial charge on any atom is -0.497 e. The number of nitrogens with zero attached hydrogens (tertiary/aromatic N) is 1. The van der Waals surface area contributed by atoms with Crippen molar-refractivity contribution in [1.82, 2.24) is 4.90 Å². The molecule has 1 aromatic heterocycles. The number of hydrogen-bond donors (Lipinski definition) is 1. The summed E-state index contributed by atoms with van der Waals surface area (Å²) in [4.78, 5) is 27.7. The average molecular weight is 439 g/mol. The monoisotopic (exact) mass is 438 g/mol. The van der Waals surface area contributed by atoms with Crippen LogP contribution >= 0.6 is 11.6 Å². The van der Waals surface area contributed by atoms with Crippen molar-refractivity contribution in [3.8, 4) is 11.5 Å². The zero-order valence-corrected chi connectivity index (χ0v) is 17.6. The van der Waals surface area contributed by atoms with Crippen molar-refractivity contribution in [3.63, 3.8) is 0 Å². The molecule has 3 aromatic rings. The van der Waals surface area contributed by atoms with Crippen LogP contribution in [0.5, 0.6) is 11.5 Å². The van der Waals surface area contributed by atoms with E-state index in [0.29, 0.717) is 33.5 Å². The maximum atomic E-state index is 13.3. The summed E-state index contributed by atoms with van der Waals surface area (Å²) in [6, 6.07) is 15.3. The van der Waals surface area contributed by atoms with Gasteiger partial charge in [0.2, 0.25) is 0 Å². The Labute approximate surface area is 183 Å². The molecular weight excluding hydrogens is 420 g/mol. The summed E-state index contributed by atoms with van der Waals surface area (Å²) in [5, 5.41) is 3.62. The first kappa shape index (κ1) is 20.6. The summed E-state index contributed by atoms with van der Waals surface area (Å²) in [7, 11) is 3.07. The number of benzene rings is 2. The van der Waals surface area contributed by atoms with Crippen molar-refractivity contribution in [2.75, 3.05) is 19.5 Å². The standard InChI is InChI=1S/C23H19ClN2O5/c1-29-18-10-16(11-19(12-18)30-2)25-21-20(14-5-7-15(24)8-6-14)22(27)26(23(21)28)13-17-4-3-9-31-17/h3-12,25H,13H2,1-2H3. The highest BCUT2D eigenvalue weighted by molar-refractivity contribution is 6.36. The van der Waals surface area contributed by atoms with Gasteiger partial charge in [-0.15, -0.1) is 0 Å². The zero-order valence-electron chi connectivity index (χ0n) is 16.8. The third-order valence-corrected chi connectivity index (χ3v) is 5.07. The molecule has 0 radical (unpaired) electrons. The summed E-state index contributed by atoms with van der Waals surface area (Å²) in [6.07, 6.45) is 1.50. The van der Waals surface area contributed by atoms with E-state index in [1.54, 1.807) is 54.6 Å². The number of methoxy groups -OCH3 is 2. The first-order valence-corrected chi connectivity index (χ1v) is 9.77. The number of halogens is 1. The van der Waals surface area contributed by atoms with Gasteiger partial charge in [-0.2, -0.15) is 0 Å². The Morgan fingerprint density at radius 1 is 0.968 bits per heavy atom. The minimum absolute atomic E-state index is 0.0222. The van der Waals surface area contributed by atoms with Gasteiger partial charge in [0.15, 0.2) is 0 Å². The quantitative estimate of drug-likeness (QED) is 0.552. The van der Waals surface area contributed by atoms with Crippen LogP contribution in [0.3, 0.4) is 0 Å². The largest absolute Gasteiger partial charge is 0.497 e. The molecule has 0 atom stereocenters. The summed E-state index contributed by atoms with van der Waals surface area (Å²) in [5.41, 5.74) is 1.50. The number of hydrogen-bond acceptors (Lipinski definition) is 6. The third kappa shape index (κ3) is 4.13. The Morgan fingerprint density at radius 3 is 2.23 bits per heavy atom. The van der Waals surface area contributed by atoms with Gasteiger partial charge in [0, 0.05) is 28.9 Å². The number of imide groups is 1. The maximum Gasteiger partial charge on any atom is 0.278 e. The number of anilines is 1. The predicted octanol–water partition coefficient (Wildman–Crippen LogP) is 4.34. The molecule has 0 fully saturated rings. The highest BCUT2D eigenvalue weighted by Gasteiger charge is 2.39. The van der Waals surface area contributed by atoms with E-state index in [-0.39, 0.29) is 17.8 Å². The second kappa shape index (κ2) is 8.57. The molecule has 1 N–H and O–H groups in total. The lowest BCUT2D eigenvalue weighted by atomic mass is 10.0. The second-order valence-electron chi connectivity index (χ2n) is 6.76. The van der Waals surface area contributed by atoms with Gasteiger partial charge in [-0.05, 0) is 29.8 Å². The SMILES string of the molecule is COc1cc(NC2=C(c3ccc(Cl)cc3)C(=O)N(Cc3ccco3)C2=O)cc(OC)c1. The number of amides is 2. The van der Waals surface area contributed by atoms with E-state index in [0.717, 1.165) is 4.90 Å². The first-order valence-electron chi connectivity index (χ1n) is 9.39. The number of carbonyl (C=O) groups excluding carboxylic acids is 2. The Hall–Kier alpha value is -3.71. The highest BCUT2D eigenvalue weighted by Crippen LogP contribution is 2.34. The first-order chi connectivity index (χ1) is 15.0. The van der Waals surface area contributed by atoms with Gasteiger partial charge < -0.3 is 19.2 Å². The number of rotatable bonds is 7. The molecule has 31 heavy (non-hydrogen) atoms. The van der Waals surface area contributed by atoms with E-state index < -0.39 is 11.8 Å². The molecule has 2 heterocycles. The molecule has 8 heteroatoms. The normalized spacial score (nSPS) is 13.7. The van der Waals surface area contributed by atoms with Crippen LogP contribution in [0.4, 0.5) is 5.69 Å². The average Bonchev–Trinajstić information content (AvgIpc) is 3.37. The molecule has 4 rings (SSSR count). The molecule has 1 aliphatic heterocycles. The van der Waals surface area contributed by atoms with E-state index in [1.807, 2.05) is 0 Å². The van der Waals surface area contributed by atoms with Gasteiger partial charge >= 0.3 is 0 Å². The molecule has 0 saturated carbocycles. The molecule has 1 aliphatic rings. The van der Waals surface area contributed by atoms with Crippen LogP contribution < -0.4 is 14.8 Å². The second-order valence-corrected chi connectivity index (χ2v) is 7.20. The van der Waals surface area contributed by atoms with Crippen LogP contribution in [0, 0.1) is 0 Å². The summed E-state index contributed by atoms with van der Waals surface area (Å²) >= 11 is 6.01. The van der Waals surface area contributed by atoms with Crippen molar-refractivity contribution in [1.29, 1.82) is 0 Å². The van der Waals surface area contributed by atoms with E-state index in [4.69, 9.17) is 25.5 Å². The van der Waals surface area contributed by atoms with Crippen LogP contribution in [0.25, 0.3) is 5.57 Å². The molecule has 2 amide bonds. The minimum atomic E-state index is -0.465. The fraction of sp³-hybridized carbons (Fsp3) is 0.130. The Morgan fingerprint density at radius 2 is 1.65 bits per heavy atom. The number of ether oxygens (including phenoxy) is 2. The van der Waals surface area contributed by atoms with E-state index in [9.17, 15) is 9.59 Å². The lowest BCUT2D eigenvalue weighted by molar-refractivity contribution is -0.137. The Kier molecular flexibility index (Phi) is 5.68. The van der Waals surface area contributed by atoms with E-state index >= 15 is 0 Å². The van der Waals surface area contributed by atoms with Crippen molar-refractivity contribution in [2.24, 2.45) is 0 Å². The smallest absolute Gasteiger partial charge is 0.278 e. The predicted molar refractivity (Wildman–Crippen MR) is 116 cm³/mol. The summed E-state index contributed by atoms with van der Waals surface area (Å²) in [6.45, 7) is 0.0222. The van der Waals surface area contributed by atoms with Gasteiger partial charge in [0.25, 0.3) is 11.8 Å². The van der Waals surface area contributed by atoms with Gasteiger partial charge in [-0.3, -0.25) is 14.5 Å². The fourth-order valence-corrected chi connectivity index (χ4v) is 3.43. The van der Waals surface area contributed by atoms with Crippen LogP contribution in [-0.2, 0) is 16.1 Å². The topological polar surface area (TPSA) is 81.0 Å². The maximum absolute atomic E-state index is 13.3. The summed E-state index contributed by atoms with van der Waals surface area (Å²) < 4.78 is 15.9. The highest BCUT2D eigenvalue weighted by atomic mass is 35.5. The molecule has 0 unspecified atom stereocenters. The number of furan rings is 1. The Balaban J connectivity index is 1.77. The molecular formula is C23H19ClN2O5. The van der Waals surface area contributed by atoms with Crippen molar-refractivity contribution in [3.05, 3.63) is 82.9 Å². The molecule has 0 spiro atoms. The van der Waals surface area contributed by atoms with Gasteiger partial charge in [-0.25, -0.2) is 0 Å². The van der Waals surface area contributed by atoms with Crippen molar-refractivity contribution >= 4 is 34.7 Å². The van der Waals surface area contributed by atoms with Crippen LogP contribution in [0.15, 0.2) is 71.0 Å². The third-order valence-electron chi connectivity index (χ3n) is 4.82. The van der Waals surface area contributed by atoms with Crippen LogP contribution in [0.2, 0.25) is 5.02 Å². The van der Waals surface area contributed by atoms with E-state index in [1.165, 1.54) is 20.5 Å². The summed E-state index contributed by atoms with van der Waals surface area (Å²) in [5.74, 6) is 0.690. The zero-order chi connectivity index (χ0) is 22.0. The van der Waals surface area contributed by atoms with E-state index in [2.05, 4.69) is 5.32 Å². The lowest BCUT2D eigenvalue weighted by Crippen LogP contribution is -2.31. The van der Waals surface area contributed by atoms with Crippen molar-refractivity contribution < 1.29 is 23.5 Å². The Bertz CT molecular complexity index is 1130. The molecule has 0 bridgehead atoms. The fourth-order valence-electron chi connectivity index (χ4n) is 3.30. The van der Waals surface area contributed by atoms with Gasteiger partial charge in [-0.1, -0.05) is 23.7 Å². The van der Waals surface area contributed by atoms with Gasteiger partial charge in [0.1, 0.15) is 23.0 Å². The molecule has 0 saturated heterocycles. The van der Waals surface area contributed by atoms with Crippen molar-refractivity contribution in [2.45, 2.75) is 6.54 Å². The molecule has 158 valence electrons.